The molecule has 0 fully saturated rings. The van der Waals surface area contributed by atoms with Gasteiger partial charge >= 0.3 is 5.97 Å². The Morgan fingerprint density at radius 2 is 1.80 bits per heavy atom. The maximum Gasteiger partial charge on any atom is 0.326 e. The summed E-state index contributed by atoms with van der Waals surface area (Å²) in [6.07, 6.45) is 3.14. The second kappa shape index (κ2) is 9.16. The summed E-state index contributed by atoms with van der Waals surface area (Å²) in [5, 5.41) is 14.3. The van der Waals surface area contributed by atoms with Crippen LogP contribution in [-0.4, -0.2) is 51.0 Å². The van der Waals surface area contributed by atoms with Crippen LogP contribution < -0.4 is 16.4 Å². The molecular formula is C16H27N5O4. The number of nitrogens with one attached hydrogen (secondary N) is 3. The number of nitrogens with zero attached hydrogens (tertiary/aromatic N) is 1. The van der Waals surface area contributed by atoms with Crippen molar-refractivity contribution in [2.75, 3.05) is 0 Å². The van der Waals surface area contributed by atoms with Crippen molar-refractivity contribution < 1.29 is 19.5 Å². The largest absolute Gasteiger partial charge is 0.480 e. The van der Waals surface area contributed by atoms with Crippen LogP contribution >= 0.6 is 0 Å². The van der Waals surface area contributed by atoms with E-state index in [0.717, 1.165) is 0 Å². The van der Waals surface area contributed by atoms with E-state index in [1.165, 1.54) is 12.5 Å². The van der Waals surface area contributed by atoms with Gasteiger partial charge in [-0.25, -0.2) is 9.78 Å². The molecule has 9 nitrogen and oxygen atoms in total. The Labute approximate surface area is 146 Å². The summed E-state index contributed by atoms with van der Waals surface area (Å²) in [6.45, 7) is 6.98. The van der Waals surface area contributed by atoms with Crippen molar-refractivity contribution in [3.05, 3.63) is 18.2 Å². The monoisotopic (exact) mass is 353 g/mol. The van der Waals surface area contributed by atoms with E-state index in [1.54, 1.807) is 27.7 Å². The van der Waals surface area contributed by atoms with Crippen LogP contribution in [0.15, 0.2) is 12.5 Å². The second-order valence-corrected chi connectivity index (χ2v) is 6.68. The number of carbonyl (C=O) groups is 3. The molecule has 140 valence electrons. The highest BCUT2D eigenvalue weighted by Gasteiger charge is 2.30. The van der Waals surface area contributed by atoms with Gasteiger partial charge in [0, 0.05) is 18.3 Å². The van der Waals surface area contributed by atoms with E-state index in [1.807, 2.05) is 0 Å². The number of carbonyl (C=O) groups excluding carboxylic acids is 2. The van der Waals surface area contributed by atoms with Gasteiger partial charge in [-0.2, -0.15) is 0 Å². The quantitative estimate of drug-likeness (QED) is 0.409. The maximum absolute atomic E-state index is 12.6. The molecule has 3 unspecified atom stereocenters. The number of aromatic amines is 1. The van der Waals surface area contributed by atoms with Crippen LogP contribution in [0.2, 0.25) is 0 Å². The molecule has 3 atom stereocenters. The molecule has 25 heavy (non-hydrogen) atoms. The highest BCUT2D eigenvalue weighted by atomic mass is 16.4. The molecule has 2 amide bonds. The molecule has 0 aliphatic heterocycles. The highest BCUT2D eigenvalue weighted by Crippen LogP contribution is 2.06. The van der Waals surface area contributed by atoms with Crippen molar-refractivity contribution in [2.24, 2.45) is 17.6 Å². The fraction of sp³-hybridized carbons (Fsp3) is 0.625. The molecule has 9 heteroatoms. The molecule has 0 aliphatic carbocycles. The third kappa shape index (κ3) is 6.18. The van der Waals surface area contributed by atoms with E-state index in [-0.39, 0.29) is 18.3 Å². The SMILES string of the molecule is CC(C)C(N)C(=O)NC(Cc1cnc[nH]1)C(=O)NC(C(=O)O)C(C)C. The number of carboxylic acid groups (broad SMARTS) is 1. The molecule has 0 bridgehead atoms. The molecular weight excluding hydrogens is 326 g/mol. The zero-order chi connectivity index (χ0) is 19.1. The zero-order valence-corrected chi connectivity index (χ0v) is 14.9. The summed E-state index contributed by atoms with van der Waals surface area (Å²) in [6, 6.07) is -2.77. The third-order valence-corrected chi connectivity index (χ3v) is 3.86. The number of amides is 2. The van der Waals surface area contributed by atoms with E-state index in [0.29, 0.717) is 5.69 Å². The number of aliphatic carboxylic acids is 1. The van der Waals surface area contributed by atoms with Gasteiger partial charge in [0.1, 0.15) is 12.1 Å². The number of imidazole rings is 1. The predicted octanol–water partition coefficient (Wildman–Crippen LogP) is -0.354. The minimum absolute atomic E-state index is 0.0988. The van der Waals surface area contributed by atoms with Gasteiger partial charge in [0.15, 0.2) is 0 Å². The van der Waals surface area contributed by atoms with Gasteiger partial charge in [0.2, 0.25) is 11.8 Å². The number of H-pyrrole nitrogens is 1. The molecule has 0 aromatic carbocycles. The van der Waals surface area contributed by atoms with E-state index in [2.05, 4.69) is 20.6 Å². The Bertz CT molecular complexity index is 585. The van der Waals surface area contributed by atoms with Crippen molar-refractivity contribution in [3.8, 4) is 0 Å². The standard InChI is InChI=1S/C16H27N5O4/c1-8(2)12(17)15(23)20-11(5-10-6-18-7-19-10)14(22)21-13(9(3)4)16(24)25/h6-9,11-13H,5,17H2,1-4H3,(H,18,19)(H,20,23)(H,21,22)(H,24,25). The first-order valence-electron chi connectivity index (χ1n) is 8.19. The van der Waals surface area contributed by atoms with Crippen molar-refractivity contribution in [2.45, 2.75) is 52.2 Å². The Morgan fingerprint density at radius 1 is 1.16 bits per heavy atom. The normalized spacial score (nSPS) is 14.8. The average Bonchev–Trinajstić information content (AvgIpc) is 3.02. The van der Waals surface area contributed by atoms with Crippen LogP contribution in [0.4, 0.5) is 0 Å². The molecule has 6 N–H and O–H groups in total. The number of hydrogen-bond donors (Lipinski definition) is 5. The van der Waals surface area contributed by atoms with Gasteiger partial charge < -0.3 is 26.5 Å². The van der Waals surface area contributed by atoms with Crippen LogP contribution in [-0.2, 0) is 20.8 Å². The predicted molar refractivity (Wildman–Crippen MR) is 91.4 cm³/mol. The minimum atomic E-state index is -1.13. The molecule has 0 saturated heterocycles. The summed E-state index contributed by atoms with van der Waals surface area (Å²) in [5.41, 5.74) is 6.46. The molecule has 0 radical (unpaired) electrons. The topological polar surface area (TPSA) is 150 Å². The summed E-state index contributed by atoms with van der Waals surface area (Å²) < 4.78 is 0. The lowest BCUT2D eigenvalue weighted by molar-refractivity contribution is -0.143. The third-order valence-electron chi connectivity index (χ3n) is 3.86. The van der Waals surface area contributed by atoms with Gasteiger partial charge in [-0.05, 0) is 11.8 Å². The first kappa shape index (κ1) is 20.6. The number of hydrogen-bond acceptors (Lipinski definition) is 5. The first-order chi connectivity index (χ1) is 11.6. The van der Waals surface area contributed by atoms with E-state index in [4.69, 9.17) is 5.73 Å². The minimum Gasteiger partial charge on any atom is -0.480 e. The zero-order valence-electron chi connectivity index (χ0n) is 14.9. The smallest absolute Gasteiger partial charge is 0.326 e. The number of nitrogens with two attached hydrogens (primary N) is 1. The summed E-state index contributed by atoms with van der Waals surface area (Å²) in [4.78, 5) is 42.8. The Hall–Kier alpha value is -2.42. The van der Waals surface area contributed by atoms with Crippen LogP contribution in [0.5, 0.6) is 0 Å². The lowest BCUT2D eigenvalue weighted by atomic mass is 10.0. The fourth-order valence-corrected chi connectivity index (χ4v) is 2.16. The summed E-state index contributed by atoms with van der Waals surface area (Å²) in [5.74, 6) is -2.58. The van der Waals surface area contributed by atoms with Gasteiger partial charge in [-0.3, -0.25) is 9.59 Å². The Morgan fingerprint density at radius 3 is 2.24 bits per heavy atom. The molecule has 0 saturated carbocycles. The molecule has 0 aliphatic rings. The summed E-state index contributed by atoms with van der Waals surface area (Å²) in [7, 11) is 0. The van der Waals surface area contributed by atoms with Crippen molar-refractivity contribution in [1.29, 1.82) is 0 Å². The molecule has 1 heterocycles. The van der Waals surface area contributed by atoms with Gasteiger partial charge in [0.25, 0.3) is 0 Å². The van der Waals surface area contributed by atoms with Crippen LogP contribution in [0.1, 0.15) is 33.4 Å². The molecule has 0 spiro atoms. The molecule has 1 aromatic heterocycles. The summed E-state index contributed by atoms with van der Waals surface area (Å²) >= 11 is 0. The average molecular weight is 353 g/mol. The van der Waals surface area contributed by atoms with E-state index < -0.39 is 35.9 Å². The lowest BCUT2D eigenvalue weighted by Crippen LogP contribution is -2.56. The van der Waals surface area contributed by atoms with E-state index >= 15 is 0 Å². The molecule has 1 aromatic rings. The maximum atomic E-state index is 12.6. The van der Waals surface area contributed by atoms with Gasteiger partial charge in [-0.15, -0.1) is 0 Å². The van der Waals surface area contributed by atoms with Gasteiger partial charge in [-0.1, -0.05) is 27.7 Å². The second-order valence-electron chi connectivity index (χ2n) is 6.68. The van der Waals surface area contributed by atoms with Crippen LogP contribution in [0.25, 0.3) is 0 Å². The Balaban J connectivity index is 2.91. The molecule has 1 rings (SSSR count). The number of carboxylic acids is 1. The van der Waals surface area contributed by atoms with Crippen molar-refractivity contribution in [1.82, 2.24) is 20.6 Å². The number of aromatic nitrogens is 2. The van der Waals surface area contributed by atoms with Crippen LogP contribution in [0, 0.1) is 11.8 Å². The van der Waals surface area contributed by atoms with Crippen LogP contribution in [0.3, 0.4) is 0 Å². The van der Waals surface area contributed by atoms with Crippen molar-refractivity contribution in [3.63, 3.8) is 0 Å². The highest BCUT2D eigenvalue weighted by molar-refractivity contribution is 5.92. The number of rotatable bonds is 9. The lowest BCUT2D eigenvalue weighted by Gasteiger charge is -2.24. The van der Waals surface area contributed by atoms with Crippen molar-refractivity contribution >= 4 is 17.8 Å². The first-order valence-corrected chi connectivity index (χ1v) is 8.19. The van der Waals surface area contributed by atoms with E-state index in [9.17, 15) is 19.5 Å². The fourth-order valence-electron chi connectivity index (χ4n) is 2.16. The Kier molecular flexibility index (Phi) is 7.56. The van der Waals surface area contributed by atoms with Gasteiger partial charge in [0.05, 0.1) is 12.4 Å².